The van der Waals surface area contributed by atoms with Gasteiger partial charge in [-0.2, -0.15) is 0 Å². The molecule has 16 heavy (non-hydrogen) atoms. The number of unbranched alkanes of at least 4 members (excludes halogenated alkanes) is 1. The van der Waals surface area contributed by atoms with Gasteiger partial charge < -0.3 is 0 Å². The predicted molar refractivity (Wildman–Crippen MR) is 72.4 cm³/mol. The lowest BCUT2D eigenvalue weighted by atomic mass is 10.3. The summed E-state index contributed by atoms with van der Waals surface area (Å²) in [5.74, 6) is 0.234. The van der Waals surface area contributed by atoms with Gasteiger partial charge in [0, 0.05) is 21.3 Å². The van der Waals surface area contributed by atoms with Crippen molar-refractivity contribution in [2.24, 2.45) is 0 Å². The van der Waals surface area contributed by atoms with Crippen LogP contribution in [0.1, 0.15) is 24.6 Å². The maximum absolute atomic E-state index is 11.5. The van der Waals surface area contributed by atoms with E-state index >= 15 is 0 Å². The van der Waals surface area contributed by atoms with E-state index in [-0.39, 0.29) is 5.75 Å². The first-order valence-electron chi connectivity index (χ1n) is 5.24. The number of rotatable bonds is 7. The summed E-state index contributed by atoms with van der Waals surface area (Å²) in [7, 11) is -3.06. The lowest BCUT2D eigenvalue weighted by Gasteiger charge is -2.04. The largest absolute Gasteiger partial charge is 0.215 e. The fourth-order valence-corrected chi connectivity index (χ4v) is 3.90. The Hall–Kier alpha value is 0.0900. The zero-order valence-corrected chi connectivity index (χ0v) is 12.4. The van der Waals surface area contributed by atoms with Gasteiger partial charge in [0.05, 0.1) is 5.75 Å². The van der Waals surface area contributed by atoms with Crippen LogP contribution in [-0.4, -0.2) is 20.7 Å². The van der Waals surface area contributed by atoms with Crippen LogP contribution in [0.2, 0.25) is 0 Å². The molecule has 0 radical (unpaired) electrons. The third-order valence-corrected chi connectivity index (χ3v) is 5.31. The molecule has 6 heteroatoms. The standard InChI is InChI=1S/C10H16BrNO2S2/c1-2-3-6-16(13,14)12-5-4-10-7-9(11)8-15-10/h7-8,12H,2-6H2,1H3. The van der Waals surface area contributed by atoms with Crippen molar-refractivity contribution in [2.45, 2.75) is 26.2 Å². The van der Waals surface area contributed by atoms with E-state index in [9.17, 15) is 8.42 Å². The van der Waals surface area contributed by atoms with Gasteiger partial charge in [-0.15, -0.1) is 11.3 Å². The van der Waals surface area contributed by atoms with Gasteiger partial charge in [-0.1, -0.05) is 13.3 Å². The third-order valence-electron chi connectivity index (χ3n) is 2.08. The Balaban J connectivity index is 2.29. The van der Waals surface area contributed by atoms with E-state index in [2.05, 4.69) is 20.7 Å². The molecule has 0 aliphatic rings. The predicted octanol–water partition coefficient (Wildman–Crippen LogP) is 2.77. The molecule has 1 rings (SSSR count). The van der Waals surface area contributed by atoms with Gasteiger partial charge in [-0.3, -0.25) is 0 Å². The van der Waals surface area contributed by atoms with Crippen LogP contribution in [0.15, 0.2) is 15.9 Å². The van der Waals surface area contributed by atoms with Crippen molar-refractivity contribution in [3.05, 3.63) is 20.8 Å². The number of halogens is 1. The van der Waals surface area contributed by atoms with Crippen molar-refractivity contribution in [1.82, 2.24) is 4.72 Å². The molecule has 0 amide bonds. The molecular formula is C10H16BrNO2S2. The van der Waals surface area contributed by atoms with Crippen molar-refractivity contribution < 1.29 is 8.42 Å². The fraction of sp³-hybridized carbons (Fsp3) is 0.600. The first kappa shape index (κ1) is 14.2. The highest BCUT2D eigenvalue weighted by Gasteiger charge is 2.08. The van der Waals surface area contributed by atoms with Gasteiger partial charge in [0.15, 0.2) is 0 Å². The summed E-state index contributed by atoms with van der Waals surface area (Å²) in [6, 6.07) is 2.02. The molecule has 1 N–H and O–H groups in total. The minimum atomic E-state index is -3.06. The molecule has 0 saturated heterocycles. The van der Waals surface area contributed by atoms with E-state index < -0.39 is 10.0 Å². The van der Waals surface area contributed by atoms with Crippen molar-refractivity contribution in [3.63, 3.8) is 0 Å². The Bertz CT molecular complexity index is 414. The van der Waals surface area contributed by atoms with Gasteiger partial charge in [0.1, 0.15) is 0 Å². The molecule has 0 aliphatic heterocycles. The van der Waals surface area contributed by atoms with E-state index in [4.69, 9.17) is 0 Å². The van der Waals surface area contributed by atoms with E-state index in [1.807, 2.05) is 18.4 Å². The Morgan fingerprint density at radius 2 is 2.25 bits per heavy atom. The molecule has 1 heterocycles. The Labute approximate surface area is 109 Å². The molecule has 0 fully saturated rings. The quantitative estimate of drug-likeness (QED) is 0.837. The van der Waals surface area contributed by atoms with E-state index in [1.54, 1.807) is 11.3 Å². The molecule has 0 atom stereocenters. The second-order valence-corrected chi connectivity index (χ2v) is 7.39. The summed E-state index contributed by atoms with van der Waals surface area (Å²) in [6.07, 6.45) is 2.38. The highest BCUT2D eigenvalue weighted by atomic mass is 79.9. The SMILES string of the molecule is CCCCS(=O)(=O)NCCc1cc(Br)cs1. The van der Waals surface area contributed by atoms with Crippen LogP contribution in [0.3, 0.4) is 0 Å². The van der Waals surface area contributed by atoms with Crippen LogP contribution in [0, 0.1) is 0 Å². The summed E-state index contributed by atoms with van der Waals surface area (Å²) in [5, 5.41) is 2.00. The number of sulfonamides is 1. The van der Waals surface area contributed by atoms with Crippen molar-refractivity contribution >= 4 is 37.3 Å². The van der Waals surface area contributed by atoms with Crippen LogP contribution in [0.4, 0.5) is 0 Å². The average Bonchev–Trinajstić information content (AvgIpc) is 2.61. The molecule has 0 aromatic carbocycles. The number of thiophene rings is 1. The highest BCUT2D eigenvalue weighted by molar-refractivity contribution is 9.10. The second-order valence-electron chi connectivity index (χ2n) is 3.55. The summed E-state index contributed by atoms with van der Waals surface area (Å²) < 4.78 is 26.6. The number of hydrogen-bond donors (Lipinski definition) is 1. The second kappa shape index (κ2) is 6.74. The minimum Gasteiger partial charge on any atom is -0.215 e. The summed E-state index contributed by atoms with van der Waals surface area (Å²) >= 11 is 5.01. The van der Waals surface area contributed by atoms with E-state index in [0.29, 0.717) is 6.54 Å². The zero-order valence-electron chi connectivity index (χ0n) is 9.20. The van der Waals surface area contributed by atoms with Crippen LogP contribution in [0.5, 0.6) is 0 Å². The topological polar surface area (TPSA) is 46.2 Å². The Kier molecular flexibility index (Phi) is 5.96. The highest BCUT2D eigenvalue weighted by Crippen LogP contribution is 2.19. The summed E-state index contributed by atoms with van der Waals surface area (Å²) in [6.45, 7) is 2.47. The van der Waals surface area contributed by atoms with Crippen molar-refractivity contribution in [3.8, 4) is 0 Å². The first-order chi connectivity index (χ1) is 7.53. The van der Waals surface area contributed by atoms with Crippen LogP contribution in [0.25, 0.3) is 0 Å². The van der Waals surface area contributed by atoms with Gasteiger partial charge in [-0.05, 0) is 34.8 Å². The molecular weight excluding hydrogens is 310 g/mol. The number of hydrogen-bond acceptors (Lipinski definition) is 3. The molecule has 0 unspecified atom stereocenters. The first-order valence-corrected chi connectivity index (χ1v) is 8.56. The maximum atomic E-state index is 11.5. The Morgan fingerprint density at radius 1 is 1.50 bits per heavy atom. The molecule has 0 bridgehead atoms. The summed E-state index contributed by atoms with van der Waals surface area (Å²) in [4.78, 5) is 1.19. The minimum absolute atomic E-state index is 0.234. The lowest BCUT2D eigenvalue weighted by molar-refractivity contribution is 0.578. The normalized spacial score (nSPS) is 11.9. The monoisotopic (exact) mass is 325 g/mol. The van der Waals surface area contributed by atoms with Crippen LogP contribution >= 0.6 is 27.3 Å². The number of nitrogens with one attached hydrogen (secondary N) is 1. The lowest BCUT2D eigenvalue weighted by Crippen LogP contribution is -2.28. The molecule has 92 valence electrons. The van der Waals surface area contributed by atoms with Gasteiger partial charge in [-0.25, -0.2) is 13.1 Å². The molecule has 0 aliphatic carbocycles. The van der Waals surface area contributed by atoms with E-state index in [0.717, 1.165) is 23.7 Å². The third kappa shape index (κ3) is 5.43. The molecule has 3 nitrogen and oxygen atoms in total. The molecule has 0 saturated carbocycles. The maximum Gasteiger partial charge on any atom is 0.211 e. The van der Waals surface area contributed by atoms with Gasteiger partial charge in [0.2, 0.25) is 10.0 Å². The Morgan fingerprint density at radius 3 is 2.81 bits per heavy atom. The van der Waals surface area contributed by atoms with Crippen molar-refractivity contribution in [2.75, 3.05) is 12.3 Å². The van der Waals surface area contributed by atoms with Crippen LogP contribution in [-0.2, 0) is 16.4 Å². The molecule has 1 aromatic heterocycles. The molecule has 0 spiro atoms. The van der Waals surface area contributed by atoms with Crippen LogP contribution < -0.4 is 4.72 Å². The van der Waals surface area contributed by atoms with Crippen molar-refractivity contribution in [1.29, 1.82) is 0 Å². The average molecular weight is 326 g/mol. The zero-order chi connectivity index (χ0) is 12.0. The van der Waals surface area contributed by atoms with Gasteiger partial charge in [0.25, 0.3) is 0 Å². The van der Waals surface area contributed by atoms with Gasteiger partial charge >= 0.3 is 0 Å². The fourth-order valence-electron chi connectivity index (χ4n) is 1.22. The summed E-state index contributed by atoms with van der Waals surface area (Å²) in [5.41, 5.74) is 0. The van der Waals surface area contributed by atoms with E-state index in [1.165, 1.54) is 4.88 Å². The smallest absolute Gasteiger partial charge is 0.211 e. The molecule has 1 aromatic rings.